The molecular formula is C13H17ClN2O2. The molecule has 1 fully saturated rings. The zero-order chi connectivity index (χ0) is 13.0. The highest BCUT2D eigenvalue weighted by Gasteiger charge is 2.15. The number of ether oxygens (including phenoxy) is 1. The highest BCUT2D eigenvalue weighted by atomic mass is 35.5. The number of nitrogens with one attached hydrogen (secondary N) is 1. The van der Waals surface area contributed by atoms with Crippen LogP contribution >= 0.6 is 11.6 Å². The van der Waals surface area contributed by atoms with Gasteiger partial charge in [0.25, 0.3) is 0 Å². The molecule has 1 aromatic rings. The lowest BCUT2D eigenvalue weighted by Crippen LogP contribution is -2.36. The van der Waals surface area contributed by atoms with Crippen LogP contribution in [0.4, 0.5) is 11.4 Å². The van der Waals surface area contributed by atoms with Crippen LogP contribution < -0.4 is 10.2 Å². The predicted octanol–water partition coefficient (Wildman–Crippen LogP) is 2.01. The molecule has 0 aromatic heterocycles. The van der Waals surface area contributed by atoms with Gasteiger partial charge < -0.3 is 15.0 Å². The van der Waals surface area contributed by atoms with Crippen LogP contribution in [-0.4, -0.2) is 38.1 Å². The van der Waals surface area contributed by atoms with Gasteiger partial charge >= 0.3 is 0 Å². The fourth-order valence-corrected chi connectivity index (χ4v) is 2.16. The highest BCUT2D eigenvalue weighted by Crippen LogP contribution is 2.27. The van der Waals surface area contributed by atoms with Gasteiger partial charge in [0.1, 0.15) is 5.88 Å². The maximum Gasteiger partial charge on any atom is 0.239 e. The van der Waals surface area contributed by atoms with Gasteiger partial charge in [-0.2, -0.15) is 0 Å². The Balaban J connectivity index is 2.20. The third-order valence-electron chi connectivity index (χ3n) is 3.05. The molecule has 0 saturated carbocycles. The zero-order valence-corrected chi connectivity index (χ0v) is 11.2. The minimum atomic E-state index is -0.182. The summed E-state index contributed by atoms with van der Waals surface area (Å²) in [4.78, 5) is 13.6. The first-order valence-corrected chi connectivity index (χ1v) is 6.54. The van der Waals surface area contributed by atoms with Crippen molar-refractivity contribution in [1.82, 2.24) is 0 Å². The van der Waals surface area contributed by atoms with Crippen LogP contribution in [0.1, 0.15) is 5.56 Å². The van der Waals surface area contributed by atoms with Crippen molar-refractivity contribution in [3.63, 3.8) is 0 Å². The number of hydrogen-bond acceptors (Lipinski definition) is 3. The molecule has 1 N–H and O–H groups in total. The molecule has 1 aliphatic rings. The largest absolute Gasteiger partial charge is 0.378 e. The average molecular weight is 269 g/mol. The van der Waals surface area contributed by atoms with Gasteiger partial charge in [-0.15, -0.1) is 11.6 Å². The number of carbonyl (C=O) groups excluding carboxylic acids is 1. The summed E-state index contributed by atoms with van der Waals surface area (Å²) in [6.45, 7) is 5.27. The summed E-state index contributed by atoms with van der Waals surface area (Å²) in [7, 11) is 0. The minimum Gasteiger partial charge on any atom is -0.378 e. The summed E-state index contributed by atoms with van der Waals surface area (Å²) in [6, 6.07) is 5.91. The van der Waals surface area contributed by atoms with E-state index in [1.165, 1.54) is 0 Å². The number of morpholine rings is 1. The summed E-state index contributed by atoms with van der Waals surface area (Å²) in [6.07, 6.45) is 0. The summed E-state index contributed by atoms with van der Waals surface area (Å²) < 4.78 is 5.34. The van der Waals surface area contributed by atoms with Crippen molar-refractivity contribution < 1.29 is 9.53 Å². The van der Waals surface area contributed by atoms with Crippen molar-refractivity contribution in [1.29, 1.82) is 0 Å². The first kappa shape index (κ1) is 13.2. The fourth-order valence-electron chi connectivity index (χ4n) is 2.09. The van der Waals surface area contributed by atoms with Crippen LogP contribution in [-0.2, 0) is 9.53 Å². The zero-order valence-electron chi connectivity index (χ0n) is 10.4. The molecule has 1 heterocycles. The molecule has 5 heteroatoms. The second-order valence-corrected chi connectivity index (χ2v) is 4.50. The number of halogens is 1. The van der Waals surface area contributed by atoms with E-state index in [2.05, 4.69) is 16.3 Å². The van der Waals surface area contributed by atoms with Gasteiger partial charge in [0, 0.05) is 24.5 Å². The maximum absolute atomic E-state index is 11.3. The summed E-state index contributed by atoms with van der Waals surface area (Å²) >= 11 is 5.50. The molecule has 0 radical (unpaired) electrons. The molecule has 0 aliphatic carbocycles. The van der Waals surface area contributed by atoms with Crippen LogP contribution in [0, 0.1) is 6.92 Å². The number of anilines is 2. The van der Waals surface area contributed by atoms with Crippen molar-refractivity contribution in [2.45, 2.75) is 6.92 Å². The van der Waals surface area contributed by atoms with Crippen molar-refractivity contribution in [2.75, 3.05) is 42.4 Å². The van der Waals surface area contributed by atoms with Gasteiger partial charge in [-0.05, 0) is 24.6 Å². The topological polar surface area (TPSA) is 41.6 Å². The Morgan fingerprint density at radius 3 is 2.83 bits per heavy atom. The van der Waals surface area contributed by atoms with E-state index < -0.39 is 0 Å². The van der Waals surface area contributed by atoms with E-state index in [1.807, 2.05) is 19.1 Å². The molecule has 1 aromatic carbocycles. The van der Waals surface area contributed by atoms with E-state index in [4.69, 9.17) is 16.3 Å². The number of carbonyl (C=O) groups is 1. The molecule has 1 amide bonds. The molecule has 0 unspecified atom stereocenters. The second-order valence-electron chi connectivity index (χ2n) is 4.23. The summed E-state index contributed by atoms with van der Waals surface area (Å²) in [5.74, 6) is -0.208. The Morgan fingerprint density at radius 2 is 2.17 bits per heavy atom. The average Bonchev–Trinajstić information content (AvgIpc) is 2.42. The first-order chi connectivity index (χ1) is 8.72. The molecular weight excluding hydrogens is 252 g/mol. The normalized spacial score (nSPS) is 15.6. The van der Waals surface area contributed by atoms with Crippen molar-refractivity contribution >= 4 is 28.9 Å². The number of hydrogen-bond donors (Lipinski definition) is 1. The van der Waals surface area contributed by atoms with Crippen LogP contribution in [0.3, 0.4) is 0 Å². The van der Waals surface area contributed by atoms with Crippen molar-refractivity contribution in [3.05, 3.63) is 23.8 Å². The monoisotopic (exact) mass is 268 g/mol. The molecule has 0 bridgehead atoms. The number of benzene rings is 1. The number of amides is 1. The van der Waals surface area contributed by atoms with E-state index >= 15 is 0 Å². The lowest BCUT2D eigenvalue weighted by atomic mass is 10.1. The molecule has 1 aliphatic heterocycles. The summed E-state index contributed by atoms with van der Waals surface area (Å²) in [5.41, 5.74) is 3.04. The van der Waals surface area contributed by atoms with E-state index in [0.717, 1.165) is 43.2 Å². The van der Waals surface area contributed by atoms with Gasteiger partial charge in [-0.25, -0.2) is 0 Å². The standard InChI is InChI=1S/C13H17ClN2O2/c1-10-11(15-13(17)9-14)3-2-4-12(10)16-5-7-18-8-6-16/h2-4H,5-9H2,1H3,(H,15,17). The Labute approximate surface area is 112 Å². The molecule has 2 rings (SSSR count). The maximum atomic E-state index is 11.3. The van der Waals surface area contributed by atoms with Crippen LogP contribution in [0.25, 0.3) is 0 Å². The Bertz CT molecular complexity index is 431. The highest BCUT2D eigenvalue weighted by molar-refractivity contribution is 6.29. The molecule has 18 heavy (non-hydrogen) atoms. The van der Waals surface area contributed by atoms with Crippen molar-refractivity contribution in [2.24, 2.45) is 0 Å². The molecule has 98 valence electrons. The quantitative estimate of drug-likeness (QED) is 0.853. The molecule has 1 saturated heterocycles. The SMILES string of the molecule is Cc1c(NC(=O)CCl)cccc1N1CCOCC1. The second kappa shape index (κ2) is 6.07. The molecule has 0 spiro atoms. The van der Waals surface area contributed by atoms with E-state index in [-0.39, 0.29) is 11.8 Å². The van der Waals surface area contributed by atoms with Crippen LogP contribution in [0.2, 0.25) is 0 Å². The summed E-state index contributed by atoms with van der Waals surface area (Å²) in [5, 5.41) is 2.81. The molecule has 0 atom stereocenters. The van der Waals surface area contributed by atoms with Gasteiger partial charge in [0.15, 0.2) is 0 Å². The van der Waals surface area contributed by atoms with Crippen LogP contribution in [0.15, 0.2) is 18.2 Å². The van der Waals surface area contributed by atoms with E-state index in [9.17, 15) is 4.79 Å². The van der Waals surface area contributed by atoms with Gasteiger partial charge in [0.2, 0.25) is 5.91 Å². The Hall–Kier alpha value is -1.26. The minimum absolute atomic E-state index is 0.0266. The van der Waals surface area contributed by atoms with E-state index in [0.29, 0.717) is 0 Å². The predicted molar refractivity (Wildman–Crippen MR) is 73.6 cm³/mol. The molecule has 4 nitrogen and oxygen atoms in total. The van der Waals surface area contributed by atoms with Gasteiger partial charge in [0.05, 0.1) is 13.2 Å². The van der Waals surface area contributed by atoms with Crippen molar-refractivity contribution in [3.8, 4) is 0 Å². The first-order valence-electron chi connectivity index (χ1n) is 6.00. The third kappa shape index (κ3) is 2.94. The lowest BCUT2D eigenvalue weighted by molar-refractivity contribution is -0.113. The Kier molecular flexibility index (Phi) is 4.44. The number of alkyl halides is 1. The smallest absolute Gasteiger partial charge is 0.239 e. The number of nitrogens with zero attached hydrogens (tertiary/aromatic N) is 1. The fraction of sp³-hybridized carbons (Fsp3) is 0.462. The lowest BCUT2D eigenvalue weighted by Gasteiger charge is -2.30. The third-order valence-corrected chi connectivity index (χ3v) is 3.30. The van der Waals surface area contributed by atoms with E-state index in [1.54, 1.807) is 0 Å². The Morgan fingerprint density at radius 1 is 1.44 bits per heavy atom. The number of rotatable bonds is 3. The van der Waals surface area contributed by atoms with Crippen LogP contribution in [0.5, 0.6) is 0 Å². The van der Waals surface area contributed by atoms with Gasteiger partial charge in [-0.1, -0.05) is 6.07 Å². The van der Waals surface area contributed by atoms with Gasteiger partial charge in [-0.3, -0.25) is 4.79 Å².